The summed E-state index contributed by atoms with van der Waals surface area (Å²) < 4.78 is 4.96. The lowest BCUT2D eigenvalue weighted by Crippen LogP contribution is -2.19. The third kappa shape index (κ3) is 6.70. The number of halogens is 2. The summed E-state index contributed by atoms with van der Waals surface area (Å²) in [7, 11) is 0. The average molecular weight is 443 g/mol. The molecule has 8 heteroatoms. The molecule has 0 unspecified atom stereocenters. The van der Waals surface area contributed by atoms with Gasteiger partial charge in [-0.1, -0.05) is 43.7 Å². The van der Waals surface area contributed by atoms with E-state index in [4.69, 9.17) is 15.6 Å². The van der Waals surface area contributed by atoms with Gasteiger partial charge in [-0.05, 0) is 37.3 Å². The Kier molecular flexibility index (Phi) is 10.9. The molecule has 0 atom stereocenters. The van der Waals surface area contributed by atoms with Crippen molar-refractivity contribution in [3.05, 3.63) is 52.3 Å². The summed E-state index contributed by atoms with van der Waals surface area (Å²) in [6.07, 6.45) is 0.733. The van der Waals surface area contributed by atoms with Gasteiger partial charge in [0, 0.05) is 17.8 Å². The second kappa shape index (κ2) is 11.8. The number of nitrogens with two attached hydrogens (primary N) is 1. The Morgan fingerprint density at radius 1 is 1.14 bits per heavy atom. The van der Waals surface area contributed by atoms with Crippen LogP contribution in [0.15, 0.2) is 24.3 Å². The predicted molar refractivity (Wildman–Crippen MR) is 118 cm³/mol. The Morgan fingerprint density at radius 2 is 1.72 bits per heavy atom. The smallest absolute Gasteiger partial charge is 0.341 e. The number of hydrogen-bond donors (Lipinski definition) is 2. The molecule has 0 saturated carbocycles. The number of hydrogen-bond acceptors (Lipinski definition) is 5. The molecule has 0 saturated heterocycles. The third-order valence-corrected chi connectivity index (χ3v) is 4.24. The van der Waals surface area contributed by atoms with Crippen LogP contribution in [0.4, 0.5) is 0 Å². The Hall–Kier alpha value is -2.15. The van der Waals surface area contributed by atoms with Crippen molar-refractivity contribution in [3.63, 3.8) is 0 Å². The fourth-order valence-corrected chi connectivity index (χ4v) is 3.07. The number of aliphatic carboxylic acids is 1. The summed E-state index contributed by atoms with van der Waals surface area (Å²) in [5.41, 5.74) is 11.1. The lowest BCUT2D eigenvalue weighted by molar-refractivity contribution is -0.140. The molecule has 0 radical (unpaired) electrons. The van der Waals surface area contributed by atoms with Crippen LogP contribution in [-0.2, 0) is 22.5 Å². The number of aryl methyl sites for hydroxylation is 2. The number of carbonyl (C=O) groups excluding carboxylic acids is 1. The van der Waals surface area contributed by atoms with E-state index in [1.54, 1.807) is 6.92 Å². The molecule has 0 amide bonds. The highest BCUT2D eigenvalue weighted by Gasteiger charge is 2.25. The summed E-state index contributed by atoms with van der Waals surface area (Å²) in [4.78, 5) is 28.1. The minimum atomic E-state index is -1.21. The average Bonchev–Trinajstić information content (AvgIpc) is 2.59. The first kappa shape index (κ1) is 26.9. The first-order chi connectivity index (χ1) is 12.7. The van der Waals surface area contributed by atoms with E-state index in [0.717, 1.165) is 28.8 Å². The number of carboxylic acid groups (broad SMARTS) is 1. The number of benzene rings is 1. The van der Waals surface area contributed by atoms with Crippen LogP contribution >= 0.6 is 24.8 Å². The van der Waals surface area contributed by atoms with Gasteiger partial charge in [-0.25, -0.2) is 9.59 Å². The SMILES string of the molecule is Cc1ccc(-c2c(CN)c(CC(C)C)nc(C)c2C(=O)OCC(=O)O)cc1.Cl.Cl. The van der Waals surface area contributed by atoms with Gasteiger partial charge in [0.2, 0.25) is 0 Å². The molecule has 0 aliphatic rings. The number of nitrogens with zero attached hydrogens (tertiary/aromatic N) is 1. The second-order valence-electron chi connectivity index (χ2n) is 7.01. The van der Waals surface area contributed by atoms with Crippen LogP contribution in [0.1, 0.15) is 46.7 Å². The van der Waals surface area contributed by atoms with Crippen molar-refractivity contribution in [1.82, 2.24) is 4.98 Å². The third-order valence-electron chi connectivity index (χ3n) is 4.24. The zero-order valence-electron chi connectivity index (χ0n) is 17.0. The van der Waals surface area contributed by atoms with Gasteiger partial charge in [0.05, 0.1) is 11.3 Å². The van der Waals surface area contributed by atoms with E-state index in [9.17, 15) is 9.59 Å². The van der Waals surface area contributed by atoms with E-state index in [1.165, 1.54) is 0 Å². The number of ether oxygens (including phenoxy) is 1. The summed E-state index contributed by atoms with van der Waals surface area (Å²) in [5.74, 6) is -1.54. The quantitative estimate of drug-likeness (QED) is 0.625. The lowest BCUT2D eigenvalue weighted by atomic mass is 9.90. The maximum absolute atomic E-state index is 12.7. The van der Waals surface area contributed by atoms with Crippen LogP contribution in [0, 0.1) is 19.8 Å². The van der Waals surface area contributed by atoms with Gasteiger partial charge in [0.25, 0.3) is 0 Å². The van der Waals surface area contributed by atoms with Crippen LogP contribution in [0.3, 0.4) is 0 Å². The van der Waals surface area contributed by atoms with Crippen LogP contribution in [0.2, 0.25) is 0 Å². The van der Waals surface area contributed by atoms with Crippen LogP contribution in [0.5, 0.6) is 0 Å². The molecule has 0 aliphatic carbocycles. The highest BCUT2D eigenvalue weighted by Crippen LogP contribution is 2.33. The summed E-state index contributed by atoms with van der Waals surface area (Å²) in [5, 5.41) is 8.83. The van der Waals surface area contributed by atoms with Gasteiger partial charge < -0.3 is 15.6 Å². The molecule has 2 rings (SSSR count). The molecular weight excluding hydrogens is 415 g/mol. The Balaban J connectivity index is 0.00000392. The van der Waals surface area contributed by atoms with Gasteiger partial charge in [0.1, 0.15) is 0 Å². The Labute approximate surface area is 183 Å². The van der Waals surface area contributed by atoms with E-state index in [1.807, 2.05) is 31.2 Å². The molecule has 0 fully saturated rings. The highest BCUT2D eigenvalue weighted by atomic mass is 35.5. The van der Waals surface area contributed by atoms with E-state index < -0.39 is 18.5 Å². The van der Waals surface area contributed by atoms with Crippen molar-refractivity contribution < 1.29 is 19.4 Å². The van der Waals surface area contributed by atoms with Crippen molar-refractivity contribution in [2.24, 2.45) is 11.7 Å². The largest absolute Gasteiger partial charge is 0.479 e. The zero-order chi connectivity index (χ0) is 20.1. The molecule has 0 bridgehead atoms. The van der Waals surface area contributed by atoms with Crippen LogP contribution in [0.25, 0.3) is 11.1 Å². The van der Waals surface area contributed by atoms with E-state index in [2.05, 4.69) is 18.8 Å². The normalized spacial score (nSPS) is 10.1. The number of rotatable bonds is 7. The number of carbonyl (C=O) groups is 2. The van der Waals surface area contributed by atoms with Crippen LogP contribution in [-0.4, -0.2) is 28.6 Å². The zero-order valence-corrected chi connectivity index (χ0v) is 18.7. The highest BCUT2D eigenvalue weighted by molar-refractivity contribution is 6.00. The molecule has 2 aromatic rings. The molecule has 1 aromatic carbocycles. The molecule has 160 valence electrons. The van der Waals surface area contributed by atoms with Crippen molar-refractivity contribution in [3.8, 4) is 11.1 Å². The van der Waals surface area contributed by atoms with Crippen molar-refractivity contribution in [2.75, 3.05) is 6.61 Å². The van der Waals surface area contributed by atoms with Gasteiger partial charge in [0.15, 0.2) is 6.61 Å². The maximum Gasteiger partial charge on any atom is 0.341 e. The van der Waals surface area contributed by atoms with Crippen molar-refractivity contribution in [2.45, 2.75) is 40.7 Å². The molecule has 29 heavy (non-hydrogen) atoms. The maximum atomic E-state index is 12.7. The monoisotopic (exact) mass is 442 g/mol. The molecule has 3 N–H and O–H groups in total. The molecule has 6 nitrogen and oxygen atoms in total. The van der Waals surface area contributed by atoms with E-state index in [0.29, 0.717) is 17.2 Å². The van der Waals surface area contributed by atoms with E-state index in [-0.39, 0.29) is 36.9 Å². The van der Waals surface area contributed by atoms with Crippen molar-refractivity contribution in [1.29, 1.82) is 0 Å². The molecule has 1 heterocycles. The van der Waals surface area contributed by atoms with Crippen LogP contribution < -0.4 is 5.73 Å². The van der Waals surface area contributed by atoms with Gasteiger partial charge in [-0.3, -0.25) is 4.98 Å². The number of pyridine rings is 1. The minimum Gasteiger partial charge on any atom is -0.479 e. The number of esters is 1. The minimum absolute atomic E-state index is 0. The summed E-state index contributed by atoms with van der Waals surface area (Å²) in [6.45, 7) is 7.43. The topological polar surface area (TPSA) is 103 Å². The predicted octanol–water partition coefficient (Wildman–Crippen LogP) is 4.11. The standard InChI is InChI=1S/C21H26N2O4.2ClH/c1-12(2)9-17-16(10-22)20(15-7-5-13(3)6-8-15)19(14(4)23-17)21(26)27-11-18(24)25;;/h5-8,12H,9-11,22H2,1-4H3,(H,24,25);2*1H. The van der Waals surface area contributed by atoms with Gasteiger partial charge in [-0.15, -0.1) is 24.8 Å². The van der Waals surface area contributed by atoms with Crippen molar-refractivity contribution >= 4 is 36.8 Å². The van der Waals surface area contributed by atoms with E-state index >= 15 is 0 Å². The lowest BCUT2D eigenvalue weighted by Gasteiger charge is -2.20. The summed E-state index contributed by atoms with van der Waals surface area (Å²) >= 11 is 0. The Morgan fingerprint density at radius 3 is 2.21 bits per heavy atom. The number of carboxylic acids is 1. The molecule has 0 spiro atoms. The number of aromatic nitrogens is 1. The summed E-state index contributed by atoms with van der Waals surface area (Å²) in [6, 6.07) is 7.77. The first-order valence-electron chi connectivity index (χ1n) is 8.93. The first-order valence-corrected chi connectivity index (χ1v) is 8.93. The fourth-order valence-electron chi connectivity index (χ4n) is 3.07. The molecular formula is C21H28Cl2N2O4. The molecule has 1 aromatic heterocycles. The fraction of sp³-hybridized carbons (Fsp3) is 0.381. The second-order valence-corrected chi connectivity index (χ2v) is 7.01. The van der Waals surface area contributed by atoms with Gasteiger partial charge in [-0.2, -0.15) is 0 Å². The van der Waals surface area contributed by atoms with Gasteiger partial charge >= 0.3 is 11.9 Å². The Bertz CT molecular complexity index is 853. The molecule has 0 aliphatic heterocycles.